The van der Waals surface area contributed by atoms with Crippen LogP contribution >= 0.6 is 0 Å². The second-order valence-electron chi connectivity index (χ2n) is 12.1. The van der Waals surface area contributed by atoms with Gasteiger partial charge in [-0.3, -0.25) is 0 Å². The van der Waals surface area contributed by atoms with Crippen molar-refractivity contribution < 1.29 is 9.15 Å². The lowest BCUT2D eigenvalue weighted by molar-refractivity contribution is 0.473. The number of aromatic nitrogens is 2. The summed E-state index contributed by atoms with van der Waals surface area (Å²) >= 11 is 0. The summed E-state index contributed by atoms with van der Waals surface area (Å²) in [6, 6.07) is 47.9. The van der Waals surface area contributed by atoms with Gasteiger partial charge >= 0.3 is 0 Å². The molecule has 2 heterocycles. The van der Waals surface area contributed by atoms with Crippen molar-refractivity contribution in [2.75, 3.05) is 0 Å². The SMILES string of the molecule is CCc1ccccc1Oc1cccc(-c2cc(-c3ccc4oc5c(-c6ccccc6)nc(-c6ccccc6)nc5c4c3)ccc2C)c1C. The van der Waals surface area contributed by atoms with E-state index in [1.54, 1.807) is 0 Å². The summed E-state index contributed by atoms with van der Waals surface area (Å²) in [4.78, 5) is 10.1. The van der Waals surface area contributed by atoms with E-state index in [1.165, 1.54) is 16.7 Å². The Bertz CT molecular complexity index is 2430. The molecule has 2 aromatic heterocycles. The number of rotatable bonds is 7. The Kier molecular flexibility index (Phi) is 7.54. The highest BCUT2D eigenvalue weighted by atomic mass is 16.5. The monoisotopic (exact) mass is 622 g/mol. The van der Waals surface area contributed by atoms with Crippen molar-refractivity contribution in [3.8, 4) is 56.4 Å². The quantitative estimate of drug-likeness (QED) is 0.177. The number of ether oxygens (including phenoxy) is 1. The van der Waals surface area contributed by atoms with Crippen LogP contribution in [0.5, 0.6) is 11.5 Å². The summed E-state index contributed by atoms with van der Waals surface area (Å²) in [5.74, 6) is 2.44. The molecule has 232 valence electrons. The molecule has 0 spiro atoms. The summed E-state index contributed by atoms with van der Waals surface area (Å²) in [7, 11) is 0. The van der Waals surface area contributed by atoms with Crippen molar-refractivity contribution >= 4 is 22.1 Å². The van der Waals surface area contributed by atoms with Gasteiger partial charge in [0, 0.05) is 16.5 Å². The third-order valence-electron chi connectivity index (χ3n) is 9.11. The third-order valence-corrected chi connectivity index (χ3v) is 9.11. The molecule has 0 saturated heterocycles. The number of hydrogen-bond acceptors (Lipinski definition) is 4. The van der Waals surface area contributed by atoms with Crippen molar-refractivity contribution in [1.29, 1.82) is 0 Å². The van der Waals surface area contributed by atoms with Crippen LogP contribution in [0.3, 0.4) is 0 Å². The minimum Gasteiger partial charge on any atom is -0.457 e. The van der Waals surface area contributed by atoms with Crippen LogP contribution in [0.25, 0.3) is 67.0 Å². The zero-order chi connectivity index (χ0) is 32.6. The number of benzene rings is 6. The average Bonchev–Trinajstić information content (AvgIpc) is 3.51. The lowest BCUT2D eigenvalue weighted by atomic mass is 9.92. The number of furan rings is 1. The molecular formula is C44H34N2O2. The van der Waals surface area contributed by atoms with Crippen molar-refractivity contribution in [2.45, 2.75) is 27.2 Å². The molecule has 0 saturated carbocycles. The van der Waals surface area contributed by atoms with E-state index in [4.69, 9.17) is 19.1 Å². The Morgan fingerprint density at radius 3 is 2.06 bits per heavy atom. The van der Waals surface area contributed by atoms with Crippen molar-refractivity contribution in [3.63, 3.8) is 0 Å². The highest BCUT2D eigenvalue weighted by Crippen LogP contribution is 2.40. The molecule has 0 aliphatic rings. The molecule has 48 heavy (non-hydrogen) atoms. The first-order valence-corrected chi connectivity index (χ1v) is 16.4. The van der Waals surface area contributed by atoms with Crippen LogP contribution in [0.15, 0.2) is 144 Å². The van der Waals surface area contributed by atoms with Gasteiger partial charge < -0.3 is 9.15 Å². The van der Waals surface area contributed by atoms with Gasteiger partial charge in [-0.2, -0.15) is 0 Å². The van der Waals surface area contributed by atoms with Crippen LogP contribution < -0.4 is 4.74 Å². The Morgan fingerprint density at radius 2 is 1.27 bits per heavy atom. The smallest absolute Gasteiger partial charge is 0.180 e. The van der Waals surface area contributed by atoms with E-state index < -0.39 is 0 Å². The molecule has 8 rings (SSSR count). The van der Waals surface area contributed by atoms with Crippen LogP contribution in [0.4, 0.5) is 0 Å². The van der Waals surface area contributed by atoms with Crippen molar-refractivity contribution in [3.05, 3.63) is 156 Å². The second-order valence-corrected chi connectivity index (χ2v) is 12.1. The van der Waals surface area contributed by atoms with Gasteiger partial charge in [-0.05, 0) is 89.5 Å². The first-order chi connectivity index (χ1) is 23.6. The second kappa shape index (κ2) is 12.3. The van der Waals surface area contributed by atoms with Crippen LogP contribution in [-0.2, 0) is 6.42 Å². The van der Waals surface area contributed by atoms with Gasteiger partial charge in [0.15, 0.2) is 11.4 Å². The van der Waals surface area contributed by atoms with Crippen molar-refractivity contribution in [1.82, 2.24) is 9.97 Å². The van der Waals surface area contributed by atoms with Crippen molar-refractivity contribution in [2.24, 2.45) is 0 Å². The molecule has 4 nitrogen and oxygen atoms in total. The highest BCUT2D eigenvalue weighted by molar-refractivity contribution is 6.08. The van der Waals surface area contributed by atoms with Crippen LogP contribution in [0.2, 0.25) is 0 Å². The summed E-state index contributed by atoms with van der Waals surface area (Å²) < 4.78 is 13.0. The van der Waals surface area contributed by atoms with Gasteiger partial charge in [0.1, 0.15) is 28.3 Å². The Labute approximate surface area is 280 Å². The zero-order valence-electron chi connectivity index (χ0n) is 27.2. The van der Waals surface area contributed by atoms with E-state index in [0.29, 0.717) is 11.4 Å². The predicted molar refractivity (Wildman–Crippen MR) is 196 cm³/mol. The van der Waals surface area contributed by atoms with Gasteiger partial charge in [0.2, 0.25) is 0 Å². The normalized spacial score (nSPS) is 11.3. The van der Waals surface area contributed by atoms with E-state index in [9.17, 15) is 0 Å². The summed E-state index contributed by atoms with van der Waals surface area (Å²) in [6.45, 7) is 6.46. The topological polar surface area (TPSA) is 48.2 Å². The summed E-state index contributed by atoms with van der Waals surface area (Å²) in [6.07, 6.45) is 0.916. The van der Waals surface area contributed by atoms with Crippen LogP contribution in [-0.4, -0.2) is 9.97 Å². The van der Waals surface area contributed by atoms with Crippen LogP contribution in [0.1, 0.15) is 23.6 Å². The zero-order valence-corrected chi connectivity index (χ0v) is 27.2. The molecule has 4 heteroatoms. The number of aryl methyl sites for hydroxylation is 2. The predicted octanol–water partition coefficient (Wildman–Crippen LogP) is 12.0. The Hall–Kier alpha value is -6.00. The molecule has 0 radical (unpaired) electrons. The number of fused-ring (bicyclic) bond motifs is 3. The molecule has 0 bridgehead atoms. The van der Waals surface area contributed by atoms with E-state index in [1.807, 2.05) is 66.7 Å². The molecule has 0 aliphatic carbocycles. The maximum Gasteiger partial charge on any atom is 0.180 e. The Balaban J connectivity index is 1.24. The number of para-hydroxylation sites is 1. The number of hydrogen-bond donors (Lipinski definition) is 0. The van der Waals surface area contributed by atoms with E-state index in [0.717, 1.165) is 73.5 Å². The molecule has 0 atom stereocenters. The molecule has 0 amide bonds. The highest BCUT2D eigenvalue weighted by Gasteiger charge is 2.19. The minimum atomic E-state index is 0.673. The molecular weight excluding hydrogens is 588 g/mol. The maximum absolute atomic E-state index is 6.49. The van der Waals surface area contributed by atoms with E-state index in [-0.39, 0.29) is 0 Å². The molecule has 0 unspecified atom stereocenters. The summed E-state index contributed by atoms with van der Waals surface area (Å²) in [5.41, 5.74) is 13.1. The van der Waals surface area contributed by atoms with Gasteiger partial charge in [-0.25, -0.2) is 9.97 Å². The fourth-order valence-electron chi connectivity index (χ4n) is 6.45. The third kappa shape index (κ3) is 5.31. The standard InChI is InChI=1S/C44H34N2O2/c1-4-30-14-11-12-20-39(30)47-38-21-13-19-35(29(38)3)36-26-33(23-22-28(36)2)34-24-25-40-37(27-34)42-43(48-40)41(31-15-7-5-8-16-31)45-44(46-42)32-17-9-6-10-18-32/h5-27H,4H2,1-3H3. The van der Waals surface area contributed by atoms with E-state index in [2.05, 4.69) is 93.6 Å². The molecule has 0 aliphatic heterocycles. The molecule has 0 fully saturated rings. The minimum absolute atomic E-state index is 0.673. The van der Waals surface area contributed by atoms with Crippen LogP contribution in [0, 0.1) is 13.8 Å². The summed E-state index contributed by atoms with van der Waals surface area (Å²) in [5, 5.41) is 0.961. The lowest BCUT2D eigenvalue weighted by Crippen LogP contribution is -1.95. The molecule has 8 aromatic rings. The molecule has 6 aromatic carbocycles. The number of nitrogens with zero attached hydrogens (tertiary/aromatic N) is 2. The first-order valence-electron chi connectivity index (χ1n) is 16.4. The average molecular weight is 623 g/mol. The fraction of sp³-hybridized carbons (Fsp3) is 0.0909. The van der Waals surface area contributed by atoms with Gasteiger partial charge in [-0.15, -0.1) is 0 Å². The maximum atomic E-state index is 6.49. The van der Waals surface area contributed by atoms with Gasteiger partial charge in [0.25, 0.3) is 0 Å². The van der Waals surface area contributed by atoms with E-state index >= 15 is 0 Å². The lowest BCUT2D eigenvalue weighted by Gasteiger charge is -2.16. The van der Waals surface area contributed by atoms with Gasteiger partial charge in [0.05, 0.1) is 0 Å². The fourth-order valence-corrected chi connectivity index (χ4v) is 6.45. The molecule has 0 N–H and O–H groups in total. The first kappa shape index (κ1) is 29.4. The Morgan fingerprint density at radius 1 is 0.583 bits per heavy atom. The van der Waals surface area contributed by atoms with Gasteiger partial charge in [-0.1, -0.05) is 116 Å². The largest absolute Gasteiger partial charge is 0.457 e.